The molecule has 0 aliphatic rings. The molecule has 0 aliphatic carbocycles. The van der Waals surface area contributed by atoms with Crippen LogP contribution in [0.4, 0.5) is 0 Å². The topological polar surface area (TPSA) is 93.1 Å². The van der Waals surface area contributed by atoms with Crippen LogP contribution in [0.15, 0.2) is 18.2 Å². The largest absolute Gasteiger partial charge is 0.480 e. The Morgan fingerprint density at radius 2 is 2.05 bits per heavy atom. The van der Waals surface area contributed by atoms with Crippen LogP contribution in [0.1, 0.15) is 6.92 Å². The summed E-state index contributed by atoms with van der Waals surface area (Å²) in [5.74, 6) is -2.22. The van der Waals surface area contributed by atoms with Gasteiger partial charge in [0.1, 0.15) is 5.75 Å². The maximum atomic E-state index is 11.3. The van der Waals surface area contributed by atoms with Crippen molar-refractivity contribution in [1.29, 1.82) is 0 Å². The second-order valence-electron chi connectivity index (χ2n) is 3.54. The molecule has 0 saturated heterocycles. The van der Waals surface area contributed by atoms with Gasteiger partial charge in [0.25, 0.3) is 0 Å². The van der Waals surface area contributed by atoms with Gasteiger partial charge in [-0.2, -0.15) is 0 Å². The number of carbonyl (C=O) groups is 1. The standard InChI is InChI=1S/C10H11Cl2O6P/c1-6(19(14,15)16)18-10(13)5-17-9-3-2-7(11)4-8(9)12/h2-4,6H,5H2,1H3,(H2,14,15,16)/t6-/m1/s1. The Morgan fingerprint density at radius 3 is 2.58 bits per heavy atom. The molecule has 0 spiro atoms. The number of esters is 1. The van der Waals surface area contributed by atoms with E-state index in [9.17, 15) is 9.36 Å². The van der Waals surface area contributed by atoms with Crippen LogP contribution in [0.2, 0.25) is 10.0 Å². The SMILES string of the molecule is C[C@H](OC(=O)COc1ccc(Cl)cc1Cl)P(=O)(O)O. The molecular formula is C10H11Cl2O6P. The predicted molar refractivity (Wildman–Crippen MR) is 69.6 cm³/mol. The summed E-state index contributed by atoms with van der Waals surface area (Å²) in [6.45, 7) is 0.569. The van der Waals surface area contributed by atoms with E-state index < -0.39 is 26.0 Å². The van der Waals surface area contributed by atoms with E-state index >= 15 is 0 Å². The average Bonchev–Trinajstić information content (AvgIpc) is 2.26. The van der Waals surface area contributed by atoms with E-state index in [1.807, 2.05) is 0 Å². The van der Waals surface area contributed by atoms with Crippen LogP contribution in [0.5, 0.6) is 5.75 Å². The molecule has 6 nitrogen and oxygen atoms in total. The van der Waals surface area contributed by atoms with Crippen LogP contribution < -0.4 is 4.74 Å². The van der Waals surface area contributed by atoms with Crippen molar-refractivity contribution in [3.8, 4) is 5.75 Å². The van der Waals surface area contributed by atoms with Crippen molar-refractivity contribution < 1.29 is 28.6 Å². The highest BCUT2D eigenvalue weighted by Gasteiger charge is 2.27. The molecule has 19 heavy (non-hydrogen) atoms. The molecule has 0 fully saturated rings. The molecule has 0 heterocycles. The summed E-state index contributed by atoms with van der Waals surface area (Å²) >= 11 is 11.5. The van der Waals surface area contributed by atoms with Crippen LogP contribution in [0, 0.1) is 0 Å². The van der Waals surface area contributed by atoms with Crippen LogP contribution >= 0.6 is 30.8 Å². The molecule has 2 N–H and O–H groups in total. The van der Waals surface area contributed by atoms with Gasteiger partial charge in [0.05, 0.1) is 5.02 Å². The van der Waals surface area contributed by atoms with E-state index in [1.165, 1.54) is 18.2 Å². The first-order valence-corrected chi connectivity index (χ1v) is 7.46. The quantitative estimate of drug-likeness (QED) is 0.637. The minimum atomic E-state index is -4.46. The maximum absolute atomic E-state index is 11.3. The lowest BCUT2D eigenvalue weighted by atomic mass is 10.3. The molecule has 0 aromatic heterocycles. The Morgan fingerprint density at radius 1 is 1.42 bits per heavy atom. The molecule has 0 radical (unpaired) electrons. The Bertz CT molecular complexity index is 515. The second kappa shape index (κ2) is 6.59. The minimum absolute atomic E-state index is 0.211. The fraction of sp³-hybridized carbons (Fsp3) is 0.300. The van der Waals surface area contributed by atoms with Gasteiger partial charge in [0.15, 0.2) is 12.5 Å². The number of ether oxygens (including phenoxy) is 2. The zero-order chi connectivity index (χ0) is 14.6. The van der Waals surface area contributed by atoms with Crippen molar-refractivity contribution in [2.45, 2.75) is 12.8 Å². The molecule has 0 bridgehead atoms. The van der Waals surface area contributed by atoms with Crippen LogP contribution in [0.25, 0.3) is 0 Å². The molecule has 1 aromatic carbocycles. The molecule has 0 saturated carbocycles. The van der Waals surface area contributed by atoms with Gasteiger partial charge < -0.3 is 19.3 Å². The van der Waals surface area contributed by atoms with Crippen molar-refractivity contribution in [2.75, 3.05) is 6.61 Å². The molecule has 0 unspecified atom stereocenters. The molecule has 0 aliphatic heterocycles. The van der Waals surface area contributed by atoms with Gasteiger partial charge in [0.2, 0.25) is 0 Å². The Labute approximate surface area is 119 Å². The first-order chi connectivity index (χ1) is 8.70. The van der Waals surface area contributed by atoms with Crippen LogP contribution in [-0.2, 0) is 14.1 Å². The number of hydrogen-bond acceptors (Lipinski definition) is 4. The van der Waals surface area contributed by atoms with Crippen molar-refractivity contribution in [1.82, 2.24) is 0 Å². The molecule has 0 amide bonds. The van der Waals surface area contributed by atoms with E-state index in [0.29, 0.717) is 5.02 Å². The first kappa shape index (κ1) is 16.3. The maximum Gasteiger partial charge on any atom is 0.365 e. The molecular weight excluding hydrogens is 318 g/mol. The molecule has 106 valence electrons. The third-order valence-corrected chi connectivity index (χ3v) is 3.60. The summed E-state index contributed by atoms with van der Waals surface area (Å²) in [7, 11) is -4.46. The van der Waals surface area contributed by atoms with E-state index in [2.05, 4.69) is 4.74 Å². The number of carbonyl (C=O) groups excluding carboxylic acids is 1. The third kappa shape index (κ3) is 5.38. The summed E-state index contributed by atoms with van der Waals surface area (Å²) in [6.07, 6.45) is 0. The lowest BCUT2D eigenvalue weighted by molar-refractivity contribution is -0.147. The fourth-order valence-electron chi connectivity index (χ4n) is 1.02. The summed E-state index contributed by atoms with van der Waals surface area (Å²) in [5.41, 5.74) is 0. The van der Waals surface area contributed by atoms with E-state index in [1.54, 1.807) is 0 Å². The fourth-order valence-corrected chi connectivity index (χ4v) is 1.74. The van der Waals surface area contributed by atoms with Gasteiger partial charge in [-0.25, -0.2) is 4.79 Å². The Kier molecular flexibility index (Phi) is 5.64. The molecule has 9 heteroatoms. The lowest BCUT2D eigenvalue weighted by Crippen LogP contribution is -2.20. The van der Waals surface area contributed by atoms with Crippen molar-refractivity contribution >= 4 is 36.8 Å². The second-order valence-corrected chi connectivity index (χ2v) is 6.29. The van der Waals surface area contributed by atoms with Crippen LogP contribution in [0.3, 0.4) is 0 Å². The highest BCUT2D eigenvalue weighted by atomic mass is 35.5. The van der Waals surface area contributed by atoms with Crippen LogP contribution in [-0.4, -0.2) is 28.2 Å². The summed E-state index contributed by atoms with van der Waals surface area (Å²) < 4.78 is 20.3. The normalized spacial score (nSPS) is 12.9. The van der Waals surface area contributed by atoms with E-state index in [0.717, 1.165) is 6.92 Å². The zero-order valence-electron chi connectivity index (χ0n) is 9.75. The molecule has 1 aromatic rings. The summed E-state index contributed by atoms with van der Waals surface area (Å²) in [5, 5.41) is 0.624. The van der Waals surface area contributed by atoms with E-state index in [-0.39, 0.29) is 10.8 Å². The first-order valence-electron chi connectivity index (χ1n) is 5.02. The highest BCUT2D eigenvalue weighted by molar-refractivity contribution is 7.52. The Balaban J connectivity index is 2.53. The van der Waals surface area contributed by atoms with Gasteiger partial charge in [-0.3, -0.25) is 4.57 Å². The van der Waals surface area contributed by atoms with Gasteiger partial charge in [-0.1, -0.05) is 23.2 Å². The van der Waals surface area contributed by atoms with Gasteiger partial charge in [-0.05, 0) is 25.1 Å². The van der Waals surface area contributed by atoms with Gasteiger partial charge in [-0.15, -0.1) is 0 Å². The van der Waals surface area contributed by atoms with Crippen molar-refractivity contribution in [3.05, 3.63) is 28.2 Å². The number of rotatable bonds is 5. The average molecular weight is 329 g/mol. The molecule has 1 atom stereocenters. The van der Waals surface area contributed by atoms with Crippen molar-refractivity contribution in [3.63, 3.8) is 0 Å². The Hall–Kier alpha value is -0.780. The highest BCUT2D eigenvalue weighted by Crippen LogP contribution is 2.41. The number of hydrogen-bond donors (Lipinski definition) is 2. The summed E-state index contributed by atoms with van der Waals surface area (Å²) in [4.78, 5) is 28.8. The lowest BCUT2D eigenvalue weighted by Gasteiger charge is -2.14. The summed E-state index contributed by atoms with van der Waals surface area (Å²) in [6, 6.07) is 4.42. The minimum Gasteiger partial charge on any atom is -0.480 e. The number of halogens is 2. The van der Waals surface area contributed by atoms with Crippen molar-refractivity contribution in [2.24, 2.45) is 0 Å². The number of benzene rings is 1. The smallest absolute Gasteiger partial charge is 0.365 e. The van der Waals surface area contributed by atoms with Gasteiger partial charge >= 0.3 is 13.6 Å². The van der Waals surface area contributed by atoms with Gasteiger partial charge in [0, 0.05) is 5.02 Å². The monoisotopic (exact) mass is 328 g/mol. The third-order valence-electron chi connectivity index (χ3n) is 2.02. The zero-order valence-corrected chi connectivity index (χ0v) is 12.2. The molecule has 1 rings (SSSR count). The van der Waals surface area contributed by atoms with E-state index in [4.69, 9.17) is 37.7 Å². The predicted octanol–water partition coefficient (Wildman–Crippen LogP) is 2.44.